The van der Waals surface area contributed by atoms with Crippen LogP contribution in [0.1, 0.15) is 44.8 Å². The Hall–Kier alpha value is -1.28. The van der Waals surface area contributed by atoms with Crippen LogP contribution < -0.4 is 4.74 Å². The summed E-state index contributed by atoms with van der Waals surface area (Å²) in [5.74, 6) is 0.832. The zero-order valence-corrected chi connectivity index (χ0v) is 10.8. The zero-order chi connectivity index (χ0) is 12.7. The van der Waals surface area contributed by atoms with E-state index in [2.05, 4.69) is 13.5 Å². The van der Waals surface area contributed by atoms with E-state index in [1.807, 2.05) is 31.2 Å². The highest BCUT2D eigenvalue weighted by Gasteiger charge is 2.08. The van der Waals surface area contributed by atoms with E-state index in [0.717, 1.165) is 29.7 Å². The van der Waals surface area contributed by atoms with Crippen LogP contribution in [0.15, 0.2) is 36.4 Å². The number of rotatable bonds is 7. The minimum atomic E-state index is -0.433. The van der Waals surface area contributed by atoms with Gasteiger partial charge in [0.2, 0.25) is 0 Å². The normalized spacial score (nSPS) is 12.2. The molecule has 1 aromatic rings. The van der Waals surface area contributed by atoms with Crippen LogP contribution in [0.4, 0.5) is 0 Å². The summed E-state index contributed by atoms with van der Waals surface area (Å²) in [4.78, 5) is 0. The minimum absolute atomic E-state index is 0.433. The van der Waals surface area contributed by atoms with Crippen LogP contribution in [0.25, 0.3) is 0 Å². The highest BCUT2D eigenvalue weighted by atomic mass is 16.5. The van der Waals surface area contributed by atoms with Crippen LogP contribution in [0.5, 0.6) is 5.75 Å². The summed E-state index contributed by atoms with van der Waals surface area (Å²) in [7, 11) is 0. The van der Waals surface area contributed by atoms with E-state index in [0.29, 0.717) is 13.0 Å². The van der Waals surface area contributed by atoms with E-state index in [4.69, 9.17) is 4.74 Å². The maximum absolute atomic E-state index is 10.0. The standard InChI is InChI=1S/C15H22O2/c1-4-10-17-14-7-5-6-13(11-14)15(16)9-8-12(2)3/h5-7,11,15-16H,2,4,8-10H2,1,3H3. The summed E-state index contributed by atoms with van der Waals surface area (Å²) < 4.78 is 5.54. The Morgan fingerprint density at radius 3 is 2.88 bits per heavy atom. The van der Waals surface area contributed by atoms with Crippen LogP contribution in [-0.2, 0) is 0 Å². The Morgan fingerprint density at radius 2 is 2.24 bits per heavy atom. The third-order valence-electron chi connectivity index (χ3n) is 2.56. The Labute approximate surface area is 104 Å². The van der Waals surface area contributed by atoms with Gasteiger partial charge in [0.1, 0.15) is 5.75 Å². The molecule has 0 aromatic heterocycles. The third-order valence-corrected chi connectivity index (χ3v) is 2.56. The first-order valence-corrected chi connectivity index (χ1v) is 6.18. The average molecular weight is 234 g/mol. The molecule has 0 saturated heterocycles. The molecule has 1 atom stereocenters. The summed E-state index contributed by atoms with van der Waals surface area (Å²) in [5, 5.41) is 10.0. The lowest BCUT2D eigenvalue weighted by atomic mass is 10.0. The molecular formula is C15H22O2. The number of benzene rings is 1. The molecule has 0 aliphatic carbocycles. The first-order valence-electron chi connectivity index (χ1n) is 6.18. The lowest BCUT2D eigenvalue weighted by Gasteiger charge is -2.12. The van der Waals surface area contributed by atoms with Crippen molar-refractivity contribution in [1.29, 1.82) is 0 Å². The molecule has 0 heterocycles. The monoisotopic (exact) mass is 234 g/mol. The van der Waals surface area contributed by atoms with Crippen LogP contribution in [0.2, 0.25) is 0 Å². The molecule has 0 spiro atoms. The van der Waals surface area contributed by atoms with Gasteiger partial charge in [-0.05, 0) is 43.9 Å². The molecule has 0 bridgehead atoms. The van der Waals surface area contributed by atoms with Gasteiger partial charge in [0.15, 0.2) is 0 Å². The van der Waals surface area contributed by atoms with Gasteiger partial charge in [0.05, 0.1) is 12.7 Å². The maximum Gasteiger partial charge on any atom is 0.119 e. The van der Waals surface area contributed by atoms with Gasteiger partial charge in [-0.3, -0.25) is 0 Å². The highest BCUT2D eigenvalue weighted by Crippen LogP contribution is 2.23. The molecule has 0 radical (unpaired) electrons. The minimum Gasteiger partial charge on any atom is -0.494 e. The smallest absolute Gasteiger partial charge is 0.119 e. The number of aliphatic hydroxyl groups excluding tert-OH is 1. The van der Waals surface area contributed by atoms with Gasteiger partial charge in [-0.2, -0.15) is 0 Å². The molecule has 94 valence electrons. The molecule has 1 rings (SSSR count). The predicted octanol–water partition coefficient (Wildman–Crippen LogP) is 3.87. The Kier molecular flexibility index (Phi) is 5.78. The van der Waals surface area contributed by atoms with Crippen molar-refractivity contribution < 1.29 is 9.84 Å². The first kappa shape index (κ1) is 13.8. The summed E-state index contributed by atoms with van der Waals surface area (Å²) >= 11 is 0. The van der Waals surface area contributed by atoms with Crippen molar-refractivity contribution in [2.75, 3.05) is 6.61 Å². The SMILES string of the molecule is C=C(C)CCC(O)c1cccc(OCCC)c1. The van der Waals surface area contributed by atoms with Crippen molar-refractivity contribution in [3.63, 3.8) is 0 Å². The fourth-order valence-corrected chi connectivity index (χ4v) is 1.58. The summed E-state index contributed by atoms with van der Waals surface area (Å²) in [6.07, 6.45) is 2.12. The van der Waals surface area contributed by atoms with E-state index in [1.54, 1.807) is 0 Å². The van der Waals surface area contributed by atoms with Crippen molar-refractivity contribution in [1.82, 2.24) is 0 Å². The largest absolute Gasteiger partial charge is 0.494 e. The van der Waals surface area contributed by atoms with E-state index in [-0.39, 0.29) is 0 Å². The third kappa shape index (κ3) is 5.05. The molecule has 1 unspecified atom stereocenters. The zero-order valence-electron chi connectivity index (χ0n) is 10.8. The van der Waals surface area contributed by atoms with E-state index in [1.165, 1.54) is 0 Å². The van der Waals surface area contributed by atoms with Crippen molar-refractivity contribution in [3.8, 4) is 5.75 Å². The number of aliphatic hydroxyl groups is 1. The Bertz CT molecular complexity index is 358. The molecule has 1 aromatic carbocycles. The number of hydrogen-bond donors (Lipinski definition) is 1. The molecule has 0 amide bonds. The second kappa shape index (κ2) is 7.13. The van der Waals surface area contributed by atoms with Crippen molar-refractivity contribution in [2.45, 2.75) is 39.2 Å². The first-order chi connectivity index (χ1) is 8.13. The summed E-state index contributed by atoms with van der Waals surface area (Å²) in [5.41, 5.74) is 2.02. The summed E-state index contributed by atoms with van der Waals surface area (Å²) in [6, 6.07) is 7.69. The molecule has 0 aliphatic heterocycles. The molecule has 1 N–H and O–H groups in total. The molecule has 17 heavy (non-hydrogen) atoms. The lowest BCUT2D eigenvalue weighted by Crippen LogP contribution is -2.00. The van der Waals surface area contributed by atoms with Gasteiger partial charge >= 0.3 is 0 Å². The van der Waals surface area contributed by atoms with Crippen LogP contribution in [-0.4, -0.2) is 11.7 Å². The van der Waals surface area contributed by atoms with Gasteiger partial charge in [-0.25, -0.2) is 0 Å². The van der Waals surface area contributed by atoms with Gasteiger partial charge < -0.3 is 9.84 Å². The predicted molar refractivity (Wildman–Crippen MR) is 71.2 cm³/mol. The molecule has 0 saturated carbocycles. The second-order valence-corrected chi connectivity index (χ2v) is 4.43. The maximum atomic E-state index is 10.0. The Morgan fingerprint density at radius 1 is 1.47 bits per heavy atom. The van der Waals surface area contributed by atoms with Crippen LogP contribution >= 0.6 is 0 Å². The number of hydrogen-bond acceptors (Lipinski definition) is 2. The fraction of sp³-hybridized carbons (Fsp3) is 0.467. The average Bonchev–Trinajstić information content (AvgIpc) is 2.33. The summed E-state index contributed by atoms with van der Waals surface area (Å²) in [6.45, 7) is 8.61. The van der Waals surface area contributed by atoms with E-state index in [9.17, 15) is 5.11 Å². The number of ether oxygens (including phenoxy) is 1. The fourth-order valence-electron chi connectivity index (χ4n) is 1.58. The van der Waals surface area contributed by atoms with Crippen molar-refractivity contribution in [3.05, 3.63) is 42.0 Å². The van der Waals surface area contributed by atoms with Crippen molar-refractivity contribution in [2.24, 2.45) is 0 Å². The van der Waals surface area contributed by atoms with E-state index >= 15 is 0 Å². The van der Waals surface area contributed by atoms with Crippen molar-refractivity contribution >= 4 is 0 Å². The van der Waals surface area contributed by atoms with Gasteiger partial charge in [-0.15, -0.1) is 6.58 Å². The van der Waals surface area contributed by atoms with E-state index < -0.39 is 6.10 Å². The number of allylic oxidation sites excluding steroid dienone is 1. The second-order valence-electron chi connectivity index (χ2n) is 4.43. The van der Waals surface area contributed by atoms with Crippen LogP contribution in [0.3, 0.4) is 0 Å². The molecule has 2 heteroatoms. The molecule has 2 nitrogen and oxygen atoms in total. The molecule has 0 aliphatic rings. The van der Waals surface area contributed by atoms with Gasteiger partial charge in [0.25, 0.3) is 0 Å². The van der Waals surface area contributed by atoms with Crippen LogP contribution in [0, 0.1) is 0 Å². The molecule has 0 fully saturated rings. The highest BCUT2D eigenvalue weighted by molar-refractivity contribution is 5.29. The van der Waals surface area contributed by atoms with Gasteiger partial charge in [-0.1, -0.05) is 24.6 Å². The lowest BCUT2D eigenvalue weighted by molar-refractivity contribution is 0.167. The van der Waals surface area contributed by atoms with Gasteiger partial charge in [0, 0.05) is 0 Å². The Balaban J connectivity index is 2.60. The molecular weight excluding hydrogens is 212 g/mol. The topological polar surface area (TPSA) is 29.5 Å². The quantitative estimate of drug-likeness (QED) is 0.726.